The van der Waals surface area contributed by atoms with E-state index in [1.54, 1.807) is 18.2 Å². The standard InChI is InChI=1S/C14H9ClF3N3/c15-8-2-3-10(14(16,17)18)9(6-8)11-5-7-1-4-12(19)21-13(7)20-11/h1-6H,(H3,19,20,21). The van der Waals surface area contributed by atoms with Crippen LogP contribution in [0.15, 0.2) is 36.4 Å². The van der Waals surface area contributed by atoms with Gasteiger partial charge >= 0.3 is 6.18 Å². The van der Waals surface area contributed by atoms with Crippen LogP contribution in [0.5, 0.6) is 0 Å². The zero-order valence-corrected chi connectivity index (χ0v) is 11.3. The van der Waals surface area contributed by atoms with Crippen LogP contribution in [0.3, 0.4) is 0 Å². The van der Waals surface area contributed by atoms with Gasteiger partial charge in [0.25, 0.3) is 0 Å². The highest BCUT2D eigenvalue weighted by atomic mass is 35.5. The summed E-state index contributed by atoms with van der Waals surface area (Å²) in [7, 11) is 0. The predicted octanol–water partition coefficient (Wildman–Crippen LogP) is 4.48. The molecule has 0 fully saturated rings. The number of nitrogens with zero attached hydrogens (tertiary/aromatic N) is 1. The fourth-order valence-corrected chi connectivity index (χ4v) is 2.32. The normalized spacial score (nSPS) is 12.0. The summed E-state index contributed by atoms with van der Waals surface area (Å²) in [6.45, 7) is 0. The lowest BCUT2D eigenvalue weighted by atomic mass is 10.0. The first kappa shape index (κ1) is 13.8. The van der Waals surface area contributed by atoms with Crippen LogP contribution in [0.4, 0.5) is 19.0 Å². The monoisotopic (exact) mass is 311 g/mol. The molecule has 0 spiro atoms. The molecule has 21 heavy (non-hydrogen) atoms. The first-order valence-electron chi connectivity index (χ1n) is 5.97. The summed E-state index contributed by atoms with van der Waals surface area (Å²) < 4.78 is 39.3. The van der Waals surface area contributed by atoms with Gasteiger partial charge in [-0.1, -0.05) is 11.6 Å². The Kier molecular flexibility index (Phi) is 3.06. The Bertz CT molecular complexity index is 824. The SMILES string of the molecule is Nc1ccc2cc(-c3cc(Cl)ccc3C(F)(F)F)[nH]c2n1. The summed E-state index contributed by atoms with van der Waals surface area (Å²) in [6, 6.07) is 8.32. The Hall–Kier alpha value is -2.21. The van der Waals surface area contributed by atoms with Gasteiger partial charge in [-0.15, -0.1) is 0 Å². The fourth-order valence-electron chi connectivity index (χ4n) is 2.15. The summed E-state index contributed by atoms with van der Waals surface area (Å²) in [5.74, 6) is 0.290. The van der Waals surface area contributed by atoms with Gasteiger partial charge in [-0.05, 0) is 36.4 Å². The molecule has 0 atom stereocenters. The van der Waals surface area contributed by atoms with E-state index >= 15 is 0 Å². The van der Waals surface area contributed by atoms with E-state index in [9.17, 15) is 13.2 Å². The molecular weight excluding hydrogens is 303 g/mol. The number of hydrogen-bond donors (Lipinski definition) is 2. The summed E-state index contributed by atoms with van der Waals surface area (Å²) in [4.78, 5) is 6.89. The Morgan fingerprint density at radius 2 is 1.86 bits per heavy atom. The maximum atomic E-state index is 13.1. The second-order valence-electron chi connectivity index (χ2n) is 4.54. The van der Waals surface area contributed by atoms with E-state index in [4.69, 9.17) is 17.3 Å². The van der Waals surface area contributed by atoms with Crippen LogP contribution in [0.1, 0.15) is 5.56 Å². The van der Waals surface area contributed by atoms with Gasteiger partial charge in [0.1, 0.15) is 11.5 Å². The van der Waals surface area contributed by atoms with Gasteiger partial charge in [0.15, 0.2) is 0 Å². The molecule has 0 aliphatic heterocycles. The second kappa shape index (κ2) is 4.66. The molecule has 3 nitrogen and oxygen atoms in total. The van der Waals surface area contributed by atoms with Crippen molar-refractivity contribution in [2.45, 2.75) is 6.18 Å². The third-order valence-corrected chi connectivity index (χ3v) is 3.31. The van der Waals surface area contributed by atoms with Crippen LogP contribution in [0.2, 0.25) is 5.02 Å². The van der Waals surface area contributed by atoms with E-state index in [2.05, 4.69) is 9.97 Å². The third-order valence-electron chi connectivity index (χ3n) is 3.08. The van der Waals surface area contributed by atoms with Crippen molar-refractivity contribution in [3.05, 3.63) is 47.0 Å². The lowest BCUT2D eigenvalue weighted by Crippen LogP contribution is -2.07. The van der Waals surface area contributed by atoms with Gasteiger partial charge in [0.2, 0.25) is 0 Å². The molecule has 3 rings (SSSR count). The first-order chi connectivity index (χ1) is 9.84. The van der Waals surface area contributed by atoms with Crippen molar-refractivity contribution < 1.29 is 13.2 Å². The predicted molar refractivity (Wildman–Crippen MR) is 76.0 cm³/mol. The molecule has 0 aliphatic carbocycles. The summed E-state index contributed by atoms with van der Waals surface area (Å²) >= 11 is 5.82. The lowest BCUT2D eigenvalue weighted by Gasteiger charge is -2.12. The number of benzene rings is 1. The average Bonchev–Trinajstić information content (AvgIpc) is 2.80. The molecule has 1 aromatic carbocycles. The van der Waals surface area contributed by atoms with Gasteiger partial charge in [-0.25, -0.2) is 4.98 Å². The Morgan fingerprint density at radius 3 is 2.57 bits per heavy atom. The van der Waals surface area contributed by atoms with Crippen molar-refractivity contribution in [1.29, 1.82) is 0 Å². The number of halogens is 4. The number of alkyl halides is 3. The quantitative estimate of drug-likeness (QED) is 0.696. The lowest BCUT2D eigenvalue weighted by molar-refractivity contribution is -0.137. The molecule has 3 aromatic rings. The molecule has 0 unspecified atom stereocenters. The van der Waals surface area contributed by atoms with Crippen LogP contribution in [-0.2, 0) is 6.18 Å². The molecule has 0 saturated heterocycles. The van der Waals surface area contributed by atoms with E-state index in [1.807, 2.05) is 0 Å². The molecule has 0 amide bonds. The highest BCUT2D eigenvalue weighted by molar-refractivity contribution is 6.30. The topological polar surface area (TPSA) is 54.7 Å². The molecule has 0 aliphatic rings. The van der Waals surface area contributed by atoms with Crippen LogP contribution < -0.4 is 5.73 Å². The van der Waals surface area contributed by atoms with E-state index in [0.717, 1.165) is 6.07 Å². The third kappa shape index (κ3) is 2.54. The van der Waals surface area contributed by atoms with Gasteiger partial charge in [-0.3, -0.25) is 0 Å². The number of rotatable bonds is 1. The Balaban J connectivity index is 2.24. The Morgan fingerprint density at radius 1 is 1.10 bits per heavy atom. The number of nitrogens with two attached hydrogens (primary N) is 1. The smallest absolute Gasteiger partial charge is 0.384 e. The molecule has 0 bridgehead atoms. The van der Waals surface area contributed by atoms with Gasteiger partial charge in [0.05, 0.1) is 5.56 Å². The van der Waals surface area contributed by atoms with Gasteiger partial charge in [-0.2, -0.15) is 13.2 Å². The molecule has 0 saturated carbocycles. The van der Waals surface area contributed by atoms with Crippen LogP contribution in [-0.4, -0.2) is 9.97 Å². The van der Waals surface area contributed by atoms with Gasteiger partial charge < -0.3 is 10.7 Å². The van der Waals surface area contributed by atoms with Crippen molar-refractivity contribution in [1.82, 2.24) is 9.97 Å². The van der Waals surface area contributed by atoms with E-state index < -0.39 is 11.7 Å². The largest absolute Gasteiger partial charge is 0.417 e. The zero-order chi connectivity index (χ0) is 15.2. The maximum absolute atomic E-state index is 13.1. The highest BCUT2D eigenvalue weighted by Crippen LogP contribution is 2.38. The molecule has 7 heteroatoms. The molecule has 2 heterocycles. The molecule has 2 aromatic heterocycles. The number of aromatic nitrogens is 2. The molecule has 0 radical (unpaired) electrons. The number of fused-ring (bicyclic) bond motifs is 1. The van der Waals surface area contributed by atoms with Crippen LogP contribution >= 0.6 is 11.6 Å². The van der Waals surface area contributed by atoms with E-state index in [1.165, 1.54) is 12.1 Å². The maximum Gasteiger partial charge on any atom is 0.417 e. The van der Waals surface area contributed by atoms with Crippen molar-refractivity contribution >= 4 is 28.5 Å². The highest BCUT2D eigenvalue weighted by Gasteiger charge is 2.34. The average molecular weight is 312 g/mol. The number of hydrogen-bond acceptors (Lipinski definition) is 2. The van der Waals surface area contributed by atoms with Crippen LogP contribution in [0.25, 0.3) is 22.3 Å². The number of nitrogen functional groups attached to an aromatic ring is 1. The Labute approximate surface area is 122 Å². The number of pyridine rings is 1. The number of H-pyrrole nitrogens is 1. The molecular formula is C14H9ClF3N3. The minimum absolute atomic E-state index is 0.0217. The minimum Gasteiger partial charge on any atom is -0.384 e. The van der Waals surface area contributed by atoms with E-state index in [0.29, 0.717) is 11.0 Å². The fraction of sp³-hybridized carbons (Fsp3) is 0.0714. The number of aromatic amines is 1. The van der Waals surface area contributed by atoms with E-state index in [-0.39, 0.29) is 22.1 Å². The summed E-state index contributed by atoms with van der Waals surface area (Å²) in [6.07, 6.45) is -4.47. The number of nitrogens with one attached hydrogen (secondary N) is 1. The molecule has 3 N–H and O–H groups in total. The summed E-state index contributed by atoms with van der Waals surface area (Å²) in [5.41, 5.74) is 5.50. The van der Waals surface area contributed by atoms with Gasteiger partial charge in [0, 0.05) is 21.7 Å². The van der Waals surface area contributed by atoms with Crippen molar-refractivity contribution in [2.24, 2.45) is 0 Å². The zero-order valence-electron chi connectivity index (χ0n) is 10.5. The second-order valence-corrected chi connectivity index (χ2v) is 4.98. The summed E-state index contributed by atoms with van der Waals surface area (Å²) in [5, 5.41) is 0.899. The minimum atomic E-state index is -4.47. The van der Waals surface area contributed by atoms with Crippen molar-refractivity contribution in [3.63, 3.8) is 0 Å². The molecule has 108 valence electrons. The number of anilines is 1. The van der Waals surface area contributed by atoms with Crippen LogP contribution in [0, 0.1) is 0 Å². The first-order valence-corrected chi connectivity index (χ1v) is 6.35. The van der Waals surface area contributed by atoms with Crippen molar-refractivity contribution in [3.8, 4) is 11.3 Å². The van der Waals surface area contributed by atoms with Crippen molar-refractivity contribution in [2.75, 3.05) is 5.73 Å².